The van der Waals surface area contributed by atoms with Gasteiger partial charge in [0.25, 0.3) is 11.8 Å². The number of hydrogen-bond donors (Lipinski definition) is 2. The Kier molecular flexibility index (Phi) is 5.42. The molecule has 3 rings (SSSR count). The van der Waals surface area contributed by atoms with Crippen LogP contribution in [0.15, 0.2) is 30.9 Å². The highest BCUT2D eigenvalue weighted by atomic mass is 35.5. The maximum atomic E-state index is 12.8. The number of carbonyl (C=O) groups is 2. The number of imidazole rings is 1. The van der Waals surface area contributed by atoms with Crippen molar-refractivity contribution in [2.24, 2.45) is 0 Å². The van der Waals surface area contributed by atoms with Crippen LogP contribution >= 0.6 is 11.6 Å². The summed E-state index contributed by atoms with van der Waals surface area (Å²) in [5.74, 6) is -0.335. The van der Waals surface area contributed by atoms with Gasteiger partial charge in [-0.3, -0.25) is 9.59 Å². The summed E-state index contributed by atoms with van der Waals surface area (Å²) in [4.78, 5) is 29.5. The first kappa shape index (κ1) is 18.2. The van der Waals surface area contributed by atoms with Gasteiger partial charge in [-0.25, -0.2) is 4.98 Å². The fraction of sp³-hybridized carbons (Fsp3) is 0.316. The third-order valence-corrected chi connectivity index (χ3v) is 4.61. The topological polar surface area (TPSA) is 76.0 Å². The maximum absolute atomic E-state index is 12.8. The predicted molar refractivity (Wildman–Crippen MR) is 102 cm³/mol. The van der Waals surface area contributed by atoms with Crippen molar-refractivity contribution < 1.29 is 9.59 Å². The molecule has 6 nitrogen and oxygen atoms in total. The summed E-state index contributed by atoms with van der Waals surface area (Å²) < 4.78 is 1.85. The number of anilines is 1. The van der Waals surface area contributed by atoms with Crippen molar-refractivity contribution >= 4 is 29.1 Å². The molecule has 0 unspecified atom stereocenters. The Morgan fingerprint density at radius 1 is 1.35 bits per heavy atom. The molecule has 1 aromatic heterocycles. The summed E-state index contributed by atoms with van der Waals surface area (Å²) in [5.41, 5.74) is 2.66. The number of fused-ring (bicyclic) bond motifs is 1. The first-order chi connectivity index (χ1) is 12.5. The molecule has 1 aliphatic rings. The van der Waals surface area contributed by atoms with Crippen LogP contribution in [-0.2, 0) is 13.0 Å². The summed E-state index contributed by atoms with van der Waals surface area (Å²) in [5, 5.41) is 6.22. The minimum absolute atomic E-state index is 0.277. The van der Waals surface area contributed by atoms with Gasteiger partial charge in [0.1, 0.15) is 0 Å². The van der Waals surface area contributed by atoms with Gasteiger partial charge >= 0.3 is 0 Å². The molecule has 2 aromatic rings. The van der Waals surface area contributed by atoms with Crippen LogP contribution in [0.4, 0.5) is 5.69 Å². The van der Waals surface area contributed by atoms with E-state index in [1.165, 1.54) is 0 Å². The van der Waals surface area contributed by atoms with E-state index in [4.69, 9.17) is 11.6 Å². The fourth-order valence-electron chi connectivity index (χ4n) is 3.09. The molecule has 0 spiro atoms. The van der Waals surface area contributed by atoms with E-state index in [1.54, 1.807) is 24.3 Å². The summed E-state index contributed by atoms with van der Waals surface area (Å²) in [6, 6.07) is 5.27. The highest BCUT2D eigenvalue weighted by Gasteiger charge is 2.27. The quantitative estimate of drug-likeness (QED) is 0.790. The lowest BCUT2D eigenvalue weighted by Gasteiger charge is -2.17. The summed E-state index contributed by atoms with van der Waals surface area (Å²) in [7, 11) is 0. The molecule has 7 heteroatoms. The number of amides is 2. The third-order valence-electron chi connectivity index (χ3n) is 4.38. The van der Waals surface area contributed by atoms with Gasteiger partial charge < -0.3 is 15.2 Å². The molecule has 0 bridgehead atoms. The molecule has 1 aliphatic heterocycles. The first-order valence-electron chi connectivity index (χ1n) is 8.57. The van der Waals surface area contributed by atoms with Gasteiger partial charge in [0.15, 0.2) is 11.5 Å². The molecule has 26 heavy (non-hydrogen) atoms. The van der Waals surface area contributed by atoms with E-state index >= 15 is 0 Å². The zero-order valence-corrected chi connectivity index (χ0v) is 15.4. The molecule has 136 valence electrons. The second-order valence-corrected chi connectivity index (χ2v) is 6.69. The molecule has 0 saturated carbocycles. The van der Waals surface area contributed by atoms with Gasteiger partial charge in [-0.05, 0) is 49.9 Å². The molecular formula is C19H21ClN4O2. The van der Waals surface area contributed by atoms with E-state index in [9.17, 15) is 9.59 Å². The Morgan fingerprint density at radius 3 is 2.88 bits per heavy atom. The second kappa shape index (κ2) is 7.74. The van der Waals surface area contributed by atoms with Crippen LogP contribution in [-0.4, -0.2) is 27.9 Å². The number of benzene rings is 1. The fourth-order valence-corrected chi connectivity index (χ4v) is 3.32. The molecule has 2 amide bonds. The molecule has 0 atom stereocenters. The number of halogens is 1. The van der Waals surface area contributed by atoms with E-state index in [0.717, 1.165) is 30.5 Å². The number of carbonyl (C=O) groups excluding carboxylic acids is 2. The standard InChI is InChI=1S/C19H21ClN4O2/c1-3-9-21-19(26)17-23-16(15-6-4-5-10-24(15)17)18(25)22-14-8-7-13(20)11-12(14)2/h3,7-8,11H,1,4-6,9-10H2,2H3,(H,21,26)(H,22,25). The highest BCUT2D eigenvalue weighted by molar-refractivity contribution is 6.30. The van der Waals surface area contributed by atoms with E-state index in [1.807, 2.05) is 11.5 Å². The van der Waals surface area contributed by atoms with E-state index < -0.39 is 0 Å². The normalized spacial score (nSPS) is 13.0. The molecule has 0 radical (unpaired) electrons. The largest absolute Gasteiger partial charge is 0.346 e. The predicted octanol–water partition coefficient (Wildman–Crippen LogP) is 3.35. The van der Waals surface area contributed by atoms with Crippen molar-refractivity contribution in [3.8, 4) is 0 Å². The molecule has 1 aromatic carbocycles. The number of aromatic nitrogens is 2. The van der Waals surface area contributed by atoms with E-state index in [0.29, 0.717) is 29.5 Å². The lowest BCUT2D eigenvalue weighted by molar-refractivity contribution is 0.0942. The summed E-state index contributed by atoms with van der Waals surface area (Å²) >= 11 is 5.97. The molecular weight excluding hydrogens is 352 g/mol. The SMILES string of the molecule is C=CCNC(=O)c1nc(C(=O)Nc2ccc(Cl)cc2C)c2n1CCCC2. The Balaban J connectivity index is 1.91. The second-order valence-electron chi connectivity index (χ2n) is 6.25. The van der Waals surface area contributed by atoms with E-state index in [2.05, 4.69) is 22.2 Å². The maximum Gasteiger partial charge on any atom is 0.287 e. The van der Waals surface area contributed by atoms with Crippen molar-refractivity contribution in [3.63, 3.8) is 0 Å². The molecule has 0 fully saturated rings. The van der Waals surface area contributed by atoms with Gasteiger partial charge in [0, 0.05) is 23.8 Å². The Hall–Kier alpha value is -2.60. The molecule has 0 saturated heterocycles. The van der Waals surface area contributed by atoms with Gasteiger partial charge in [0.2, 0.25) is 0 Å². The molecule has 2 heterocycles. The van der Waals surface area contributed by atoms with Crippen molar-refractivity contribution in [3.05, 3.63) is 58.7 Å². The zero-order chi connectivity index (χ0) is 18.7. The van der Waals surface area contributed by atoms with Gasteiger partial charge in [-0.1, -0.05) is 17.7 Å². The van der Waals surface area contributed by atoms with Crippen LogP contribution in [0.2, 0.25) is 5.02 Å². The highest BCUT2D eigenvalue weighted by Crippen LogP contribution is 2.24. The number of nitrogens with zero attached hydrogens (tertiary/aromatic N) is 2. The van der Waals surface area contributed by atoms with E-state index in [-0.39, 0.29) is 17.6 Å². The van der Waals surface area contributed by atoms with Crippen LogP contribution in [0.25, 0.3) is 0 Å². The zero-order valence-electron chi connectivity index (χ0n) is 14.6. The summed E-state index contributed by atoms with van der Waals surface area (Å²) in [6.07, 6.45) is 4.26. The lowest BCUT2D eigenvalue weighted by atomic mass is 10.1. The van der Waals surface area contributed by atoms with Gasteiger partial charge in [-0.2, -0.15) is 0 Å². The van der Waals surface area contributed by atoms with Crippen molar-refractivity contribution in [2.75, 3.05) is 11.9 Å². The van der Waals surface area contributed by atoms with Gasteiger partial charge in [0.05, 0.1) is 5.69 Å². The minimum atomic E-state index is -0.316. The van der Waals surface area contributed by atoms with Crippen LogP contribution in [0.5, 0.6) is 0 Å². The smallest absolute Gasteiger partial charge is 0.287 e. The van der Waals surface area contributed by atoms with Gasteiger partial charge in [-0.15, -0.1) is 6.58 Å². The Labute approximate surface area is 157 Å². The van der Waals surface area contributed by atoms with Crippen LogP contribution in [0, 0.1) is 6.92 Å². The Morgan fingerprint density at radius 2 is 2.15 bits per heavy atom. The molecule has 2 N–H and O–H groups in total. The number of hydrogen-bond acceptors (Lipinski definition) is 3. The summed E-state index contributed by atoms with van der Waals surface area (Å²) in [6.45, 7) is 6.51. The average molecular weight is 373 g/mol. The number of rotatable bonds is 5. The van der Waals surface area contributed by atoms with Crippen LogP contribution < -0.4 is 10.6 Å². The Bertz CT molecular complexity index is 873. The number of nitrogens with one attached hydrogen (secondary N) is 2. The van der Waals surface area contributed by atoms with Crippen molar-refractivity contribution in [2.45, 2.75) is 32.7 Å². The van der Waals surface area contributed by atoms with Crippen LogP contribution in [0.3, 0.4) is 0 Å². The minimum Gasteiger partial charge on any atom is -0.346 e. The monoisotopic (exact) mass is 372 g/mol. The number of aryl methyl sites for hydroxylation is 1. The van der Waals surface area contributed by atoms with Crippen molar-refractivity contribution in [1.82, 2.24) is 14.9 Å². The lowest BCUT2D eigenvalue weighted by Crippen LogP contribution is -2.28. The third kappa shape index (κ3) is 3.65. The first-order valence-corrected chi connectivity index (χ1v) is 8.95. The average Bonchev–Trinajstić information content (AvgIpc) is 3.02. The van der Waals surface area contributed by atoms with Crippen molar-refractivity contribution in [1.29, 1.82) is 0 Å². The van der Waals surface area contributed by atoms with Crippen LogP contribution in [0.1, 0.15) is 45.2 Å². The molecule has 0 aliphatic carbocycles.